The Bertz CT molecular complexity index is 249. The van der Waals surface area contributed by atoms with Crippen molar-refractivity contribution in [1.29, 1.82) is 0 Å². The van der Waals surface area contributed by atoms with Crippen molar-refractivity contribution in [3.8, 4) is 0 Å². The molecule has 0 unspecified atom stereocenters. The van der Waals surface area contributed by atoms with E-state index < -0.39 is 5.95 Å². The standard InChI is InChI=1S/C6H5FN2O/c7-6-3-5(4-9-10)1-2-8-6/h1-4,10H/b9-4+. The maximum atomic E-state index is 12.2. The topological polar surface area (TPSA) is 45.5 Å². The van der Waals surface area contributed by atoms with Crippen molar-refractivity contribution in [2.45, 2.75) is 0 Å². The van der Waals surface area contributed by atoms with Gasteiger partial charge in [-0.15, -0.1) is 0 Å². The van der Waals surface area contributed by atoms with E-state index in [0.717, 1.165) is 6.21 Å². The zero-order valence-corrected chi connectivity index (χ0v) is 5.03. The molecule has 1 rings (SSSR count). The molecule has 0 aliphatic rings. The van der Waals surface area contributed by atoms with Crippen LogP contribution in [0.5, 0.6) is 0 Å². The maximum Gasteiger partial charge on any atom is 0.213 e. The van der Waals surface area contributed by atoms with E-state index in [1.54, 1.807) is 0 Å². The van der Waals surface area contributed by atoms with E-state index in [1.807, 2.05) is 0 Å². The molecule has 1 aromatic heterocycles. The highest BCUT2D eigenvalue weighted by Gasteiger charge is 1.90. The van der Waals surface area contributed by atoms with Crippen LogP contribution in [0.3, 0.4) is 0 Å². The van der Waals surface area contributed by atoms with Gasteiger partial charge in [-0.25, -0.2) is 4.98 Å². The third-order valence-corrected chi connectivity index (χ3v) is 0.957. The highest BCUT2D eigenvalue weighted by molar-refractivity contribution is 5.78. The monoisotopic (exact) mass is 140 g/mol. The van der Waals surface area contributed by atoms with Crippen molar-refractivity contribution in [1.82, 2.24) is 4.98 Å². The van der Waals surface area contributed by atoms with Crippen LogP contribution < -0.4 is 0 Å². The number of halogens is 1. The molecule has 0 saturated heterocycles. The van der Waals surface area contributed by atoms with E-state index in [-0.39, 0.29) is 0 Å². The van der Waals surface area contributed by atoms with Gasteiger partial charge in [0.2, 0.25) is 5.95 Å². The molecule has 3 nitrogen and oxygen atoms in total. The predicted molar refractivity (Wildman–Crippen MR) is 33.6 cm³/mol. The molecule has 4 heteroatoms. The lowest BCUT2D eigenvalue weighted by Gasteiger charge is -1.88. The van der Waals surface area contributed by atoms with E-state index in [0.29, 0.717) is 5.56 Å². The highest BCUT2D eigenvalue weighted by Crippen LogP contribution is 1.95. The quantitative estimate of drug-likeness (QED) is 0.274. The molecule has 0 aliphatic carbocycles. The summed E-state index contributed by atoms with van der Waals surface area (Å²) in [5, 5.41) is 10.8. The molecule has 0 radical (unpaired) electrons. The van der Waals surface area contributed by atoms with Crippen LogP contribution in [-0.2, 0) is 0 Å². The zero-order valence-electron chi connectivity index (χ0n) is 5.03. The van der Waals surface area contributed by atoms with Crippen molar-refractivity contribution < 1.29 is 9.60 Å². The van der Waals surface area contributed by atoms with Crippen molar-refractivity contribution >= 4 is 6.21 Å². The van der Waals surface area contributed by atoms with Gasteiger partial charge in [0, 0.05) is 17.8 Å². The smallest absolute Gasteiger partial charge is 0.213 e. The van der Waals surface area contributed by atoms with Crippen LogP contribution in [0.1, 0.15) is 5.56 Å². The summed E-state index contributed by atoms with van der Waals surface area (Å²) in [5.74, 6) is -0.586. The average molecular weight is 140 g/mol. The van der Waals surface area contributed by atoms with Crippen molar-refractivity contribution in [2.24, 2.45) is 5.16 Å². The Morgan fingerprint density at radius 3 is 3.10 bits per heavy atom. The molecule has 0 amide bonds. The minimum absolute atomic E-state index is 0.481. The minimum Gasteiger partial charge on any atom is -0.411 e. The van der Waals surface area contributed by atoms with Crippen LogP contribution >= 0.6 is 0 Å². The lowest BCUT2D eigenvalue weighted by molar-refractivity contribution is 0.322. The predicted octanol–water partition coefficient (Wildman–Crippen LogP) is 1.03. The van der Waals surface area contributed by atoms with Gasteiger partial charge in [-0.05, 0) is 6.07 Å². The largest absolute Gasteiger partial charge is 0.411 e. The molecule has 1 heterocycles. The number of rotatable bonds is 1. The first-order valence-corrected chi connectivity index (χ1v) is 2.62. The molecule has 0 bridgehead atoms. The van der Waals surface area contributed by atoms with Crippen LogP contribution in [0.2, 0.25) is 0 Å². The van der Waals surface area contributed by atoms with E-state index in [4.69, 9.17) is 5.21 Å². The van der Waals surface area contributed by atoms with E-state index in [9.17, 15) is 4.39 Å². The van der Waals surface area contributed by atoms with Crippen molar-refractivity contribution in [3.63, 3.8) is 0 Å². The molecule has 52 valence electrons. The number of oxime groups is 1. The summed E-state index contributed by atoms with van der Waals surface area (Å²) >= 11 is 0. The van der Waals surface area contributed by atoms with E-state index in [2.05, 4.69) is 10.1 Å². The summed E-state index contributed by atoms with van der Waals surface area (Å²) in [7, 11) is 0. The Balaban J connectivity index is 2.95. The second-order valence-corrected chi connectivity index (χ2v) is 1.66. The first kappa shape index (κ1) is 6.67. The van der Waals surface area contributed by atoms with Crippen LogP contribution in [0.25, 0.3) is 0 Å². The highest BCUT2D eigenvalue weighted by atomic mass is 19.1. The lowest BCUT2D eigenvalue weighted by Crippen LogP contribution is -1.85. The molecule has 1 aromatic rings. The Labute approximate surface area is 56.8 Å². The number of nitrogens with zero attached hydrogens (tertiary/aromatic N) is 2. The van der Waals surface area contributed by atoms with Gasteiger partial charge in [-0.3, -0.25) is 0 Å². The van der Waals surface area contributed by atoms with Crippen LogP contribution in [0.15, 0.2) is 23.5 Å². The van der Waals surface area contributed by atoms with Gasteiger partial charge in [0.25, 0.3) is 0 Å². The Hall–Kier alpha value is -1.45. The molecule has 0 atom stereocenters. The SMILES string of the molecule is O/N=C/c1ccnc(F)c1. The second-order valence-electron chi connectivity index (χ2n) is 1.66. The number of pyridine rings is 1. The van der Waals surface area contributed by atoms with Crippen molar-refractivity contribution in [2.75, 3.05) is 0 Å². The van der Waals surface area contributed by atoms with Crippen LogP contribution in [0.4, 0.5) is 4.39 Å². The van der Waals surface area contributed by atoms with Gasteiger partial charge in [-0.1, -0.05) is 5.16 Å². The lowest BCUT2D eigenvalue weighted by atomic mass is 10.3. The summed E-state index contributed by atoms with van der Waals surface area (Å²) < 4.78 is 12.2. The van der Waals surface area contributed by atoms with Gasteiger partial charge in [0.1, 0.15) is 0 Å². The molecule has 0 spiro atoms. The molecule has 0 fully saturated rings. The summed E-state index contributed by atoms with van der Waals surface area (Å²) in [6.07, 6.45) is 2.43. The Morgan fingerprint density at radius 1 is 1.70 bits per heavy atom. The molecule has 10 heavy (non-hydrogen) atoms. The Kier molecular flexibility index (Phi) is 1.94. The molecular weight excluding hydrogens is 135 g/mol. The van der Waals surface area contributed by atoms with Gasteiger partial charge < -0.3 is 5.21 Å². The molecule has 0 saturated carbocycles. The molecule has 0 aromatic carbocycles. The fourth-order valence-corrected chi connectivity index (χ4v) is 0.564. The summed E-state index contributed by atoms with van der Waals surface area (Å²) in [5.41, 5.74) is 0.481. The van der Waals surface area contributed by atoms with E-state index in [1.165, 1.54) is 18.3 Å². The van der Waals surface area contributed by atoms with Crippen LogP contribution in [0, 0.1) is 5.95 Å². The van der Waals surface area contributed by atoms with Gasteiger partial charge in [0.05, 0.1) is 6.21 Å². The fraction of sp³-hybridized carbons (Fsp3) is 0. The summed E-state index contributed by atoms with van der Waals surface area (Å²) in [4.78, 5) is 3.31. The summed E-state index contributed by atoms with van der Waals surface area (Å²) in [6.45, 7) is 0. The number of aromatic nitrogens is 1. The van der Waals surface area contributed by atoms with Gasteiger partial charge in [-0.2, -0.15) is 4.39 Å². The Morgan fingerprint density at radius 2 is 2.50 bits per heavy atom. The summed E-state index contributed by atoms with van der Waals surface area (Å²) in [6, 6.07) is 2.70. The first-order chi connectivity index (χ1) is 4.83. The maximum absolute atomic E-state index is 12.2. The van der Waals surface area contributed by atoms with Gasteiger partial charge in [0.15, 0.2) is 0 Å². The minimum atomic E-state index is -0.586. The van der Waals surface area contributed by atoms with E-state index >= 15 is 0 Å². The van der Waals surface area contributed by atoms with Gasteiger partial charge >= 0.3 is 0 Å². The number of hydrogen-bond acceptors (Lipinski definition) is 3. The molecule has 0 aliphatic heterocycles. The third kappa shape index (κ3) is 1.51. The zero-order chi connectivity index (χ0) is 7.40. The third-order valence-electron chi connectivity index (χ3n) is 0.957. The molecule has 1 N–H and O–H groups in total. The first-order valence-electron chi connectivity index (χ1n) is 2.62. The fourth-order valence-electron chi connectivity index (χ4n) is 0.564. The molecular formula is C6H5FN2O. The second kappa shape index (κ2) is 2.91. The normalized spacial score (nSPS) is 10.5. The average Bonchev–Trinajstić information content (AvgIpc) is 1.88. The van der Waals surface area contributed by atoms with Crippen LogP contribution in [-0.4, -0.2) is 16.4 Å². The number of hydrogen-bond donors (Lipinski definition) is 1. The van der Waals surface area contributed by atoms with Crippen molar-refractivity contribution in [3.05, 3.63) is 29.8 Å².